The van der Waals surface area contributed by atoms with Gasteiger partial charge in [-0.05, 0) is 35.2 Å². The first-order chi connectivity index (χ1) is 9.66. The highest BCUT2D eigenvalue weighted by Gasteiger charge is 2.16. The second-order valence-electron chi connectivity index (χ2n) is 4.51. The fourth-order valence-corrected chi connectivity index (χ4v) is 2.68. The summed E-state index contributed by atoms with van der Waals surface area (Å²) in [6.07, 6.45) is 2.65. The van der Waals surface area contributed by atoms with Crippen molar-refractivity contribution in [2.75, 3.05) is 0 Å². The normalized spacial score (nSPS) is 12.6. The lowest BCUT2D eigenvalue weighted by Gasteiger charge is -2.15. The number of benzene rings is 2. The van der Waals surface area contributed by atoms with Crippen LogP contribution in [0, 0.1) is 0 Å². The van der Waals surface area contributed by atoms with Gasteiger partial charge in [0.2, 0.25) is 0 Å². The third-order valence-electron chi connectivity index (χ3n) is 3.26. The van der Waals surface area contributed by atoms with Crippen LogP contribution in [0.5, 0.6) is 0 Å². The molecule has 1 aromatic heterocycles. The van der Waals surface area contributed by atoms with Crippen LogP contribution in [-0.4, -0.2) is 10.1 Å². The summed E-state index contributed by atoms with van der Waals surface area (Å²) in [7, 11) is 0. The zero-order valence-corrected chi connectivity index (χ0v) is 11.9. The zero-order chi connectivity index (χ0) is 14.1. The van der Waals surface area contributed by atoms with E-state index in [-0.39, 0.29) is 0 Å². The predicted octanol–water partition coefficient (Wildman–Crippen LogP) is 4.62. The molecule has 100 valence electrons. The van der Waals surface area contributed by atoms with Crippen molar-refractivity contribution in [2.24, 2.45) is 0 Å². The van der Waals surface area contributed by atoms with E-state index in [1.165, 1.54) is 0 Å². The summed E-state index contributed by atoms with van der Waals surface area (Å²) < 4.78 is 0. The van der Waals surface area contributed by atoms with Gasteiger partial charge in [0, 0.05) is 33.4 Å². The van der Waals surface area contributed by atoms with Crippen molar-refractivity contribution < 1.29 is 5.11 Å². The molecule has 0 fully saturated rings. The quantitative estimate of drug-likeness (QED) is 0.749. The zero-order valence-electron chi connectivity index (χ0n) is 10.4. The summed E-state index contributed by atoms with van der Waals surface area (Å²) in [5.74, 6) is 0. The summed E-state index contributed by atoms with van der Waals surface area (Å²) in [5, 5.41) is 13.6. The molecular weight excluding hydrogens is 293 g/mol. The van der Waals surface area contributed by atoms with Gasteiger partial charge in [0.1, 0.15) is 6.10 Å². The molecule has 1 heterocycles. The molecule has 2 nitrogen and oxygen atoms in total. The monoisotopic (exact) mass is 303 g/mol. The van der Waals surface area contributed by atoms with Gasteiger partial charge in [-0.2, -0.15) is 0 Å². The van der Waals surface area contributed by atoms with E-state index in [1.807, 2.05) is 24.3 Å². The van der Waals surface area contributed by atoms with Crippen molar-refractivity contribution in [2.45, 2.75) is 6.10 Å². The number of rotatable bonds is 2. The molecule has 2 aromatic carbocycles. The fourth-order valence-electron chi connectivity index (χ4n) is 2.28. The first-order valence-corrected chi connectivity index (χ1v) is 6.88. The molecule has 0 saturated heterocycles. The lowest BCUT2D eigenvalue weighted by Crippen LogP contribution is -2.01. The third kappa shape index (κ3) is 2.38. The average Bonchev–Trinajstić information content (AvgIpc) is 2.48. The maximum atomic E-state index is 10.6. The number of nitrogens with zero attached hydrogens (tertiary/aromatic N) is 1. The van der Waals surface area contributed by atoms with Crippen LogP contribution in [0.4, 0.5) is 0 Å². The molecule has 1 N–H and O–H groups in total. The van der Waals surface area contributed by atoms with Crippen LogP contribution in [0.1, 0.15) is 17.2 Å². The molecule has 1 atom stereocenters. The summed E-state index contributed by atoms with van der Waals surface area (Å²) in [4.78, 5) is 4.09. The summed E-state index contributed by atoms with van der Waals surface area (Å²) in [6.45, 7) is 0. The molecule has 0 spiro atoms. The van der Waals surface area contributed by atoms with Gasteiger partial charge in [0.25, 0.3) is 0 Å². The second kappa shape index (κ2) is 5.41. The van der Waals surface area contributed by atoms with Gasteiger partial charge in [0.05, 0.1) is 0 Å². The van der Waals surface area contributed by atoms with Crippen LogP contribution in [0.15, 0.2) is 54.9 Å². The van der Waals surface area contributed by atoms with E-state index in [0.29, 0.717) is 15.6 Å². The van der Waals surface area contributed by atoms with Gasteiger partial charge >= 0.3 is 0 Å². The van der Waals surface area contributed by atoms with E-state index in [4.69, 9.17) is 23.2 Å². The number of fused-ring (bicyclic) bond motifs is 1. The Balaban J connectivity index is 2.17. The van der Waals surface area contributed by atoms with Crippen molar-refractivity contribution in [1.82, 2.24) is 4.98 Å². The first-order valence-electron chi connectivity index (χ1n) is 6.12. The minimum absolute atomic E-state index is 0.493. The van der Waals surface area contributed by atoms with E-state index in [9.17, 15) is 5.11 Å². The van der Waals surface area contributed by atoms with Gasteiger partial charge in [0.15, 0.2) is 0 Å². The molecule has 4 heteroatoms. The lowest BCUT2D eigenvalue weighted by atomic mass is 9.97. The first kappa shape index (κ1) is 13.4. The number of pyridine rings is 1. The molecule has 0 radical (unpaired) electrons. The Labute approximate surface area is 126 Å². The predicted molar refractivity (Wildman–Crippen MR) is 82.3 cm³/mol. The van der Waals surface area contributed by atoms with Gasteiger partial charge in [-0.1, -0.05) is 41.4 Å². The fraction of sp³-hybridized carbons (Fsp3) is 0.0625. The van der Waals surface area contributed by atoms with Gasteiger partial charge < -0.3 is 5.11 Å². The molecule has 20 heavy (non-hydrogen) atoms. The van der Waals surface area contributed by atoms with Crippen molar-refractivity contribution in [3.05, 3.63) is 76.0 Å². The van der Waals surface area contributed by atoms with Crippen LogP contribution < -0.4 is 0 Å². The Morgan fingerprint density at radius 2 is 1.85 bits per heavy atom. The minimum atomic E-state index is -0.827. The average molecular weight is 304 g/mol. The van der Waals surface area contributed by atoms with Crippen LogP contribution in [-0.2, 0) is 0 Å². The number of halogens is 2. The van der Waals surface area contributed by atoms with E-state index >= 15 is 0 Å². The Bertz CT molecular complexity index is 768. The van der Waals surface area contributed by atoms with E-state index in [2.05, 4.69) is 4.98 Å². The number of aromatic nitrogens is 1. The second-order valence-corrected chi connectivity index (χ2v) is 5.36. The molecule has 3 rings (SSSR count). The lowest BCUT2D eigenvalue weighted by molar-refractivity contribution is 0.222. The molecule has 0 aliphatic carbocycles. The number of aliphatic hydroxyl groups excluding tert-OH is 1. The van der Waals surface area contributed by atoms with Crippen LogP contribution >= 0.6 is 23.2 Å². The molecule has 1 unspecified atom stereocenters. The number of aliphatic hydroxyl groups is 1. The van der Waals surface area contributed by atoms with E-state index < -0.39 is 6.10 Å². The molecule has 0 aliphatic heterocycles. The van der Waals surface area contributed by atoms with Crippen molar-refractivity contribution in [1.29, 1.82) is 0 Å². The summed E-state index contributed by atoms with van der Waals surface area (Å²) in [6, 6.07) is 12.7. The third-order valence-corrected chi connectivity index (χ3v) is 3.84. The molecule has 3 aromatic rings. The molecule has 0 amide bonds. The largest absolute Gasteiger partial charge is 0.384 e. The molecule has 0 aliphatic rings. The van der Waals surface area contributed by atoms with Gasteiger partial charge in [-0.15, -0.1) is 0 Å². The highest BCUT2D eigenvalue weighted by molar-refractivity contribution is 6.33. The smallest absolute Gasteiger partial charge is 0.106 e. The SMILES string of the molecule is OC(c1cc(Cl)ccc1Cl)c1cccc2cnccc12. The molecular formula is C16H11Cl2NO. The maximum Gasteiger partial charge on any atom is 0.106 e. The topological polar surface area (TPSA) is 33.1 Å². The highest BCUT2D eigenvalue weighted by Crippen LogP contribution is 2.33. The Morgan fingerprint density at radius 1 is 1.00 bits per heavy atom. The van der Waals surface area contributed by atoms with Gasteiger partial charge in [-0.3, -0.25) is 4.98 Å². The standard InChI is InChI=1S/C16H11Cl2NO/c17-11-4-5-15(18)14(8-11)16(20)13-3-1-2-10-9-19-7-6-12(10)13/h1-9,16,20H. The Kier molecular flexibility index (Phi) is 3.62. The van der Waals surface area contributed by atoms with E-state index in [0.717, 1.165) is 16.3 Å². The molecule has 0 bridgehead atoms. The van der Waals surface area contributed by atoms with Crippen LogP contribution in [0.2, 0.25) is 10.0 Å². The Hall–Kier alpha value is -1.61. The number of hydrogen-bond donors (Lipinski definition) is 1. The Morgan fingerprint density at radius 3 is 2.70 bits per heavy atom. The van der Waals surface area contributed by atoms with Crippen LogP contribution in [0.3, 0.4) is 0 Å². The maximum absolute atomic E-state index is 10.6. The highest BCUT2D eigenvalue weighted by atomic mass is 35.5. The van der Waals surface area contributed by atoms with Gasteiger partial charge in [-0.25, -0.2) is 0 Å². The van der Waals surface area contributed by atoms with E-state index in [1.54, 1.807) is 30.6 Å². The van der Waals surface area contributed by atoms with Crippen molar-refractivity contribution >= 4 is 34.0 Å². The summed E-state index contributed by atoms with van der Waals surface area (Å²) in [5.41, 5.74) is 1.39. The van der Waals surface area contributed by atoms with Crippen LogP contribution in [0.25, 0.3) is 10.8 Å². The summed E-state index contributed by atoms with van der Waals surface area (Å²) >= 11 is 12.1. The molecule has 0 saturated carbocycles. The number of hydrogen-bond acceptors (Lipinski definition) is 2. The minimum Gasteiger partial charge on any atom is -0.384 e. The van der Waals surface area contributed by atoms with Crippen molar-refractivity contribution in [3.63, 3.8) is 0 Å². The van der Waals surface area contributed by atoms with Crippen molar-refractivity contribution in [3.8, 4) is 0 Å².